The number of imidazole rings is 1. The second-order valence-electron chi connectivity index (χ2n) is 15.9. The molecule has 1 fully saturated rings. The van der Waals surface area contributed by atoms with E-state index >= 15 is 0 Å². The van der Waals surface area contributed by atoms with E-state index in [1.54, 1.807) is 35.2 Å². The zero-order valence-corrected chi connectivity index (χ0v) is 33.9. The molecule has 57 heavy (non-hydrogen) atoms. The fraction of sp³-hybridized carbons (Fsp3) is 0.333. The van der Waals surface area contributed by atoms with E-state index in [1.807, 2.05) is 24.3 Å². The third-order valence-corrected chi connectivity index (χ3v) is 15.5. The van der Waals surface area contributed by atoms with Gasteiger partial charge in [0.05, 0.1) is 12.9 Å². The standard InChI is InChI=1S/C44H49N5O5Si.CH4.H2O/c1-29-18-22-33(23-19-29)44(32-16-12-9-13-17-32,34-24-20-30(2)21-25-34)52-26-35-37(50)38(54-55(6,7)43(3,4)5)42(53-35)49-28-47-36-39(45-27-46-40(36)49)48-41(51)31-14-10-8-11-15-31;;/h8-25,27-28,35,37-38,42,50H,26H2,1-7H3,(H,45,46,48,51);1H4;1H2/t35-,37?,38+,42-;;/m1../s1. The first kappa shape index (κ1) is 43.0. The van der Waals surface area contributed by atoms with Crippen LogP contribution in [0, 0.1) is 13.8 Å². The number of aryl methyl sites for hydroxylation is 2. The molecule has 1 aliphatic rings. The van der Waals surface area contributed by atoms with E-state index in [1.165, 1.54) is 6.33 Å². The number of anilines is 1. The molecule has 12 heteroatoms. The number of rotatable bonds is 11. The van der Waals surface area contributed by atoms with E-state index in [2.05, 4.69) is 129 Å². The van der Waals surface area contributed by atoms with Crippen LogP contribution in [0.2, 0.25) is 18.1 Å². The molecule has 0 bridgehead atoms. The van der Waals surface area contributed by atoms with Crippen molar-refractivity contribution < 1.29 is 29.3 Å². The average Bonchev–Trinajstić information content (AvgIpc) is 3.74. The number of carbonyl (C=O) groups excluding carboxylic acids is 1. The molecule has 4 aromatic carbocycles. The number of carbonyl (C=O) groups is 1. The smallest absolute Gasteiger partial charge is 0.256 e. The first-order chi connectivity index (χ1) is 26.3. The average molecular weight is 790 g/mol. The molecule has 1 amide bonds. The fourth-order valence-electron chi connectivity index (χ4n) is 6.83. The van der Waals surface area contributed by atoms with Gasteiger partial charge in [-0.1, -0.05) is 136 Å². The van der Waals surface area contributed by atoms with Crippen molar-refractivity contribution in [3.8, 4) is 0 Å². The summed E-state index contributed by atoms with van der Waals surface area (Å²) in [6.45, 7) is 15.0. The minimum atomic E-state index is -2.47. The highest BCUT2D eigenvalue weighted by Crippen LogP contribution is 2.45. The third kappa shape index (κ3) is 8.47. The highest BCUT2D eigenvalue weighted by molar-refractivity contribution is 6.74. The van der Waals surface area contributed by atoms with E-state index < -0.39 is 38.5 Å². The zero-order valence-electron chi connectivity index (χ0n) is 32.9. The van der Waals surface area contributed by atoms with Gasteiger partial charge in [0.15, 0.2) is 31.5 Å². The Morgan fingerprint density at radius 3 is 1.93 bits per heavy atom. The molecule has 0 radical (unpaired) electrons. The van der Waals surface area contributed by atoms with Crippen molar-refractivity contribution >= 4 is 31.2 Å². The topological polar surface area (TPSA) is 152 Å². The maximum Gasteiger partial charge on any atom is 0.256 e. The molecule has 11 nitrogen and oxygen atoms in total. The molecule has 0 aliphatic carbocycles. The van der Waals surface area contributed by atoms with Crippen molar-refractivity contribution in [1.29, 1.82) is 0 Å². The fourth-order valence-corrected chi connectivity index (χ4v) is 8.12. The number of fused-ring (bicyclic) bond motifs is 1. The number of nitrogens with zero attached hydrogens (tertiary/aromatic N) is 4. The summed E-state index contributed by atoms with van der Waals surface area (Å²) >= 11 is 0. The van der Waals surface area contributed by atoms with Crippen molar-refractivity contribution in [2.24, 2.45) is 0 Å². The van der Waals surface area contributed by atoms with Gasteiger partial charge in [0.25, 0.3) is 5.91 Å². The molecule has 6 aromatic rings. The lowest BCUT2D eigenvalue weighted by Gasteiger charge is -2.40. The summed E-state index contributed by atoms with van der Waals surface area (Å²) in [6, 6.07) is 35.9. The van der Waals surface area contributed by atoms with Gasteiger partial charge in [0.1, 0.15) is 30.2 Å². The quantitative estimate of drug-likeness (QED) is 0.0986. The Hall–Kier alpha value is -5.08. The summed E-state index contributed by atoms with van der Waals surface area (Å²) in [5.74, 6) is -0.0511. The predicted molar refractivity (Wildman–Crippen MR) is 227 cm³/mol. The van der Waals surface area contributed by atoms with Crippen LogP contribution in [0.3, 0.4) is 0 Å². The summed E-state index contributed by atoms with van der Waals surface area (Å²) in [5, 5.41) is 15.0. The number of aliphatic hydroxyl groups is 1. The van der Waals surface area contributed by atoms with Gasteiger partial charge >= 0.3 is 0 Å². The van der Waals surface area contributed by atoms with E-state index in [-0.39, 0.29) is 36.3 Å². The number of aliphatic hydroxyl groups excluding tert-OH is 1. The van der Waals surface area contributed by atoms with Crippen LogP contribution in [0.15, 0.2) is 122 Å². The van der Waals surface area contributed by atoms with Crippen LogP contribution in [-0.2, 0) is 19.5 Å². The summed E-state index contributed by atoms with van der Waals surface area (Å²) in [5.41, 5.74) is 5.40. The lowest BCUT2D eigenvalue weighted by molar-refractivity contribution is -0.0940. The maximum atomic E-state index is 13.1. The van der Waals surface area contributed by atoms with Gasteiger partial charge in [-0.25, -0.2) is 15.0 Å². The summed E-state index contributed by atoms with van der Waals surface area (Å²) in [6.07, 6.45) is -0.481. The van der Waals surface area contributed by atoms with Crippen LogP contribution >= 0.6 is 0 Å². The molecule has 1 aliphatic heterocycles. The molecular formula is C45H55N5O6Si. The molecule has 2 aromatic heterocycles. The van der Waals surface area contributed by atoms with Crippen LogP contribution in [-0.4, -0.2) is 69.2 Å². The maximum absolute atomic E-state index is 13.1. The Labute approximate surface area is 336 Å². The lowest BCUT2D eigenvalue weighted by atomic mass is 9.79. The molecule has 1 unspecified atom stereocenters. The number of hydrogen-bond acceptors (Lipinski definition) is 8. The van der Waals surface area contributed by atoms with E-state index in [0.29, 0.717) is 16.7 Å². The first-order valence-electron chi connectivity index (χ1n) is 18.7. The molecule has 300 valence electrons. The Balaban J connectivity index is 0.00000310. The van der Waals surface area contributed by atoms with Crippen LogP contribution in [0.4, 0.5) is 5.82 Å². The van der Waals surface area contributed by atoms with Crippen LogP contribution in [0.5, 0.6) is 0 Å². The highest BCUT2D eigenvalue weighted by atomic mass is 28.4. The molecular weight excluding hydrogens is 735 g/mol. The van der Waals surface area contributed by atoms with Gasteiger partial charge in [-0.3, -0.25) is 9.36 Å². The lowest BCUT2D eigenvalue weighted by Crippen LogP contribution is -2.49. The van der Waals surface area contributed by atoms with Crippen LogP contribution < -0.4 is 5.32 Å². The Morgan fingerprint density at radius 1 is 0.825 bits per heavy atom. The number of hydrogen-bond donors (Lipinski definition) is 2. The molecule has 0 spiro atoms. The predicted octanol–water partition coefficient (Wildman–Crippen LogP) is 8.16. The van der Waals surface area contributed by atoms with Crippen molar-refractivity contribution in [3.63, 3.8) is 0 Å². The second kappa shape index (κ2) is 17.2. The van der Waals surface area contributed by atoms with Gasteiger partial charge in [-0.15, -0.1) is 0 Å². The molecule has 0 saturated carbocycles. The van der Waals surface area contributed by atoms with Gasteiger partial charge in [-0.05, 0) is 60.8 Å². The largest absolute Gasteiger partial charge is 0.412 e. The number of ether oxygens (including phenoxy) is 2. The summed E-state index contributed by atoms with van der Waals surface area (Å²) in [4.78, 5) is 26.7. The second-order valence-corrected chi connectivity index (χ2v) is 20.6. The van der Waals surface area contributed by atoms with Crippen molar-refractivity contribution in [2.75, 3.05) is 11.9 Å². The van der Waals surface area contributed by atoms with Crippen LogP contribution in [0.25, 0.3) is 11.2 Å². The molecule has 3 heterocycles. The number of aromatic nitrogens is 4. The monoisotopic (exact) mass is 789 g/mol. The Morgan fingerprint density at radius 2 is 1.37 bits per heavy atom. The van der Waals surface area contributed by atoms with E-state index in [0.717, 1.165) is 27.8 Å². The Bertz CT molecular complexity index is 2200. The third-order valence-electron chi connectivity index (χ3n) is 11.0. The van der Waals surface area contributed by atoms with Gasteiger partial charge < -0.3 is 29.8 Å². The molecule has 4 atom stereocenters. The first-order valence-corrected chi connectivity index (χ1v) is 21.6. The van der Waals surface area contributed by atoms with Crippen molar-refractivity contribution in [3.05, 3.63) is 155 Å². The SMILES string of the molecule is C.Cc1ccc(C(OC[C@H]2O[C@@H](n3cnc4c(NC(=O)c5ccccc5)ncnc43)[C@@H](O[Si](C)(C)C(C)(C)C)C2O)(c2ccccc2)c2ccc(C)cc2)cc1.O. The highest BCUT2D eigenvalue weighted by Gasteiger charge is 2.52. The number of nitrogens with one attached hydrogen (secondary N) is 1. The number of amides is 1. The zero-order chi connectivity index (χ0) is 39.0. The molecule has 4 N–H and O–H groups in total. The summed E-state index contributed by atoms with van der Waals surface area (Å²) in [7, 11) is -2.47. The number of benzene rings is 4. The molecule has 7 rings (SSSR count). The molecule has 1 saturated heterocycles. The minimum absolute atomic E-state index is 0. The van der Waals surface area contributed by atoms with Gasteiger partial charge in [-0.2, -0.15) is 0 Å². The van der Waals surface area contributed by atoms with E-state index in [9.17, 15) is 9.90 Å². The van der Waals surface area contributed by atoms with Crippen LogP contribution in [0.1, 0.15) is 72.6 Å². The van der Waals surface area contributed by atoms with Crippen molar-refractivity contribution in [2.45, 2.75) is 90.3 Å². The van der Waals surface area contributed by atoms with Crippen molar-refractivity contribution in [1.82, 2.24) is 19.5 Å². The van der Waals surface area contributed by atoms with Gasteiger partial charge in [0.2, 0.25) is 0 Å². The normalized spacial score (nSPS) is 18.5. The summed E-state index contributed by atoms with van der Waals surface area (Å²) < 4.78 is 22.8. The van der Waals surface area contributed by atoms with E-state index in [4.69, 9.17) is 13.9 Å². The Kier molecular flexibility index (Phi) is 13.0. The minimum Gasteiger partial charge on any atom is -0.412 e. The van der Waals surface area contributed by atoms with Gasteiger partial charge in [0, 0.05) is 5.56 Å².